The Balaban J connectivity index is 1.35. The zero-order chi connectivity index (χ0) is 29.9. The Morgan fingerprint density at radius 1 is 0.435 bits per heavy atom. The van der Waals surface area contributed by atoms with Crippen LogP contribution in [0.1, 0.15) is 0 Å². The van der Waals surface area contributed by atoms with E-state index in [0.29, 0.717) is 0 Å². The van der Waals surface area contributed by atoms with E-state index < -0.39 is 0 Å². The molecule has 0 fully saturated rings. The van der Waals surface area contributed by atoms with E-state index in [-0.39, 0.29) is 0 Å². The van der Waals surface area contributed by atoms with E-state index in [2.05, 4.69) is 132 Å². The van der Waals surface area contributed by atoms with E-state index in [1.165, 1.54) is 63.3 Å². The van der Waals surface area contributed by atoms with Gasteiger partial charge in [-0.15, -0.1) is 11.3 Å². The number of hydrogen-bond donors (Lipinski definition) is 0. The molecule has 3 aromatic heterocycles. The molecule has 0 aliphatic rings. The molecule has 4 heteroatoms. The third kappa shape index (κ3) is 3.16. The molecule has 0 unspecified atom stereocenters. The highest BCUT2D eigenvalue weighted by Crippen LogP contribution is 2.47. The average molecular weight is 602 g/mol. The first-order valence-electron chi connectivity index (χ1n) is 15.6. The van der Waals surface area contributed by atoms with Gasteiger partial charge in [0.25, 0.3) is 0 Å². The fourth-order valence-corrected chi connectivity index (χ4v) is 8.85. The molecule has 0 bridgehead atoms. The Morgan fingerprint density at radius 2 is 1.11 bits per heavy atom. The van der Waals surface area contributed by atoms with Crippen LogP contribution in [0.4, 0.5) is 0 Å². The number of aromatic nitrogens is 3. The van der Waals surface area contributed by atoms with Gasteiger partial charge in [-0.1, -0.05) is 97.1 Å². The fourth-order valence-electron chi connectivity index (χ4n) is 7.76. The molecule has 0 amide bonds. The molecule has 0 radical (unpaired) electrons. The van der Waals surface area contributed by atoms with Gasteiger partial charge in [0.05, 0.1) is 22.1 Å². The average Bonchev–Trinajstić information content (AvgIpc) is 3.65. The van der Waals surface area contributed by atoms with Crippen LogP contribution in [0, 0.1) is 0 Å². The molecule has 0 spiro atoms. The minimum Gasteiger partial charge on any atom is -0.292 e. The van der Waals surface area contributed by atoms with Gasteiger partial charge in [0.2, 0.25) is 0 Å². The first-order valence-corrected chi connectivity index (χ1v) is 16.4. The third-order valence-corrected chi connectivity index (χ3v) is 10.9. The number of nitrogens with zero attached hydrogens (tertiary/aromatic N) is 3. The fraction of sp³-hybridized carbons (Fsp3) is 0. The summed E-state index contributed by atoms with van der Waals surface area (Å²) in [7, 11) is 0. The molecule has 0 N–H and O–H groups in total. The zero-order valence-corrected chi connectivity index (χ0v) is 25.3. The summed E-state index contributed by atoms with van der Waals surface area (Å²) in [4.78, 5) is 10.8. The minimum absolute atomic E-state index is 0.849. The van der Waals surface area contributed by atoms with Crippen LogP contribution in [-0.4, -0.2) is 14.5 Å². The SMILES string of the molecule is c1ccc2c(c1)cc1c3c2c2ccccc2c2cccc(c23)n1-c1nc2ccccc2nc1-c1ccc2sc3ccccc3c2c1. The van der Waals surface area contributed by atoms with Crippen LogP contribution in [0.15, 0.2) is 140 Å². The number of fused-ring (bicyclic) bond motifs is 9. The second kappa shape index (κ2) is 8.87. The van der Waals surface area contributed by atoms with E-state index >= 15 is 0 Å². The highest BCUT2D eigenvalue weighted by molar-refractivity contribution is 7.25. The predicted octanol–water partition coefficient (Wildman–Crippen LogP) is 11.7. The highest BCUT2D eigenvalue weighted by Gasteiger charge is 2.24. The summed E-state index contributed by atoms with van der Waals surface area (Å²) in [5.74, 6) is 0.849. The van der Waals surface area contributed by atoms with Crippen molar-refractivity contribution in [2.75, 3.05) is 0 Å². The first-order chi connectivity index (χ1) is 22.8. The number of para-hydroxylation sites is 2. The molecule has 11 rings (SSSR count). The zero-order valence-electron chi connectivity index (χ0n) is 24.5. The molecule has 46 heavy (non-hydrogen) atoms. The maximum Gasteiger partial charge on any atom is 0.165 e. The van der Waals surface area contributed by atoms with Gasteiger partial charge in [-0.25, -0.2) is 9.97 Å². The van der Waals surface area contributed by atoms with Crippen LogP contribution in [0.2, 0.25) is 0 Å². The van der Waals surface area contributed by atoms with Crippen molar-refractivity contribution in [1.82, 2.24) is 14.5 Å². The molecule has 0 aliphatic heterocycles. The molecule has 0 saturated carbocycles. The second-order valence-electron chi connectivity index (χ2n) is 12.1. The predicted molar refractivity (Wildman–Crippen MR) is 196 cm³/mol. The molecule has 11 aromatic rings. The Labute approximate surface area is 266 Å². The normalized spacial score (nSPS) is 12.3. The van der Waals surface area contributed by atoms with Crippen molar-refractivity contribution in [1.29, 1.82) is 0 Å². The van der Waals surface area contributed by atoms with Crippen LogP contribution in [0.3, 0.4) is 0 Å². The maximum absolute atomic E-state index is 5.44. The Morgan fingerprint density at radius 3 is 2.00 bits per heavy atom. The summed E-state index contributed by atoms with van der Waals surface area (Å²) >= 11 is 1.84. The maximum atomic E-state index is 5.44. The summed E-state index contributed by atoms with van der Waals surface area (Å²) in [6.07, 6.45) is 0. The van der Waals surface area contributed by atoms with Crippen LogP contribution in [-0.2, 0) is 0 Å². The molecular formula is C42H23N3S. The molecule has 0 atom stereocenters. The number of rotatable bonds is 2. The van der Waals surface area contributed by atoms with Gasteiger partial charge in [0.15, 0.2) is 5.82 Å². The van der Waals surface area contributed by atoms with Crippen molar-refractivity contribution in [2.45, 2.75) is 0 Å². The van der Waals surface area contributed by atoms with Gasteiger partial charge in [-0.2, -0.15) is 0 Å². The molecule has 0 aliphatic carbocycles. The number of benzene rings is 8. The van der Waals surface area contributed by atoms with E-state index in [1.807, 2.05) is 23.5 Å². The highest BCUT2D eigenvalue weighted by atomic mass is 32.1. The molecule has 3 heterocycles. The third-order valence-electron chi connectivity index (χ3n) is 9.70. The Bertz CT molecular complexity index is 3030. The topological polar surface area (TPSA) is 30.7 Å². The quantitative estimate of drug-likeness (QED) is 0.185. The lowest BCUT2D eigenvalue weighted by Gasteiger charge is -2.14. The van der Waals surface area contributed by atoms with Crippen molar-refractivity contribution < 1.29 is 0 Å². The smallest absolute Gasteiger partial charge is 0.165 e. The Hall–Kier alpha value is -5.84. The lowest BCUT2D eigenvalue weighted by molar-refractivity contribution is 1.08. The van der Waals surface area contributed by atoms with Gasteiger partial charge in [0.1, 0.15) is 5.69 Å². The molecule has 8 aromatic carbocycles. The lowest BCUT2D eigenvalue weighted by Crippen LogP contribution is -2.03. The van der Waals surface area contributed by atoms with Crippen LogP contribution < -0.4 is 0 Å². The van der Waals surface area contributed by atoms with E-state index in [0.717, 1.165) is 39.1 Å². The number of hydrogen-bond acceptors (Lipinski definition) is 3. The van der Waals surface area contributed by atoms with Crippen molar-refractivity contribution in [3.8, 4) is 17.1 Å². The number of thiophene rings is 1. The van der Waals surface area contributed by atoms with E-state index in [9.17, 15) is 0 Å². The standard InChI is InChI=1S/C42H23N3S/c1-2-11-26-24(10-1)23-35-40-38(26)29-14-4-3-12-27(29)30-15-9-18-34(39(30)40)45(35)42-41(43-32-16-6-7-17-33(32)44-42)25-20-21-37-31(22-25)28-13-5-8-19-36(28)46-37/h1-23H. The summed E-state index contributed by atoms with van der Waals surface area (Å²) in [6.45, 7) is 0. The Kier molecular flexibility index (Phi) is 4.72. The molecule has 212 valence electrons. The van der Waals surface area contributed by atoms with Crippen LogP contribution in [0.25, 0.3) is 102 Å². The van der Waals surface area contributed by atoms with Crippen LogP contribution in [0.5, 0.6) is 0 Å². The minimum atomic E-state index is 0.849. The van der Waals surface area contributed by atoms with E-state index in [4.69, 9.17) is 9.97 Å². The van der Waals surface area contributed by atoms with Gasteiger partial charge >= 0.3 is 0 Å². The molecular weight excluding hydrogens is 579 g/mol. The second-order valence-corrected chi connectivity index (χ2v) is 13.2. The molecule has 0 saturated heterocycles. The first kappa shape index (κ1) is 24.5. The summed E-state index contributed by atoms with van der Waals surface area (Å²) in [5, 5.41) is 12.7. The van der Waals surface area contributed by atoms with Crippen LogP contribution >= 0.6 is 11.3 Å². The van der Waals surface area contributed by atoms with E-state index in [1.54, 1.807) is 0 Å². The van der Waals surface area contributed by atoms with Crippen molar-refractivity contribution in [2.24, 2.45) is 0 Å². The van der Waals surface area contributed by atoms with Gasteiger partial charge in [-0.3, -0.25) is 4.57 Å². The largest absolute Gasteiger partial charge is 0.292 e. The summed E-state index contributed by atoms with van der Waals surface area (Å²) < 4.78 is 4.95. The monoisotopic (exact) mass is 601 g/mol. The van der Waals surface area contributed by atoms with Crippen molar-refractivity contribution in [3.63, 3.8) is 0 Å². The molecule has 3 nitrogen and oxygen atoms in total. The lowest BCUT2D eigenvalue weighted by atomic mass is 9.91. The summed E-state index contributed by atoms with van der Waals surface area (Å²) in [5.41, 5.74) is 6.01. The van der Waals surface area contributed by atoms with Gasteiger partial charge in [-0.05, 0) is 69.4 Å². The summed E-state index contributed by atoms with van der Waals surface area (Å²) in [6, 6.07) is 50.3. The van der Waals surface area contributed by atoms with Crippen molar-refractivity contribution in [3.05, 3.63) is 140 Å². The van der Waals surface area contributed by atoms with Gasteiger partial charge < -0.3 is 0 Å². The van der Waals surface area contributed by atoms with Crippen molar-refractivity contribution >= 4 is 96.7 Å². The van der Waals surface area contributed by atoms with Gasteiger partial charge in [0, 0.05) is 41.9 Å².